The van der Waals surface area contributed by atoms with Crippen molar-refractivity contribution in [2.75, 3.05) is 13.1 Å². The SMILES string of the molecule is C[C@@H](CNS(=O)(=O)c1cc(C(=O)O)cs1)N1CCc2ccccc2C1. The van der Waals surface area contributed by atoms with E-state index >= 15 is 0 Å². The highest BCUT2D eigenvalue weighted by Gasteiger charge is 2.23. The number of rotatable bonds is 6. The Morgan fingerprint density at radius 3 is 2.76 bits per heavy atom. The molecule has 0 fully saturated rings. The fourth-order valence-corrected chi connectivity index (χ4v) is 5.21. The molecule has 0 saturated heterocycles. The molecule has 0 spiro atoms. The Hall–Kier alpha value is -1.74. The zero-order chi connectivity index (χ0) is 18.0. The standard InChI is InChI=1S/C17H20N2O4S2/c1-12(19-7-6-13-4-2-3-5-14(13)10-19)9-18-25(22,23)16-8-15(11-24-16)17(20)21/h2-5,8,11-12,18H,6-7,9-10H2,1H3,(H,20,21)/t12-/m0/s1. The topological polar surface area (TPSA) is 86.7 Å². The summed E-state index contributed by atoms with van der Waals surface area (Å²) in [5.74, 6) is -1.13. The minimum Gasteiger partial charge on any atom is -0.478 e. The molecule has 0 aliphatic carbocycles. The average Bonchev–Trinajstić information content (AvgIpc) is 3.11. The summed E-state index contributed by atoms with van der Waals surface area (Å²) in [6.07, 6.45) is 0.958. The third-order valence-corrected chi connectivity index (χ3v) is 7.30. The zero-order valence-electron chi connectivity index (χ0n) is 13.8. The molecule has 25 heavy (non-hydrogen) atoms. The predicted octanol–water partition coefficient (Wildman–Crippen LogP) is 2.17. The molecule has 3 rings (SSSR count). The van der Waals surface area contributed by atoms with Crippen LogP contribution < -0.4 is 4.72 Å². The summed E-state index contributed by atoms with van der Waals surface area (Å²) < 4.78 is 27.3. The van der Waals surface area contributed by atoms with Crippen LogP contribution in [0.5, 0.6) is 0 Å². The Bertz CT molecular complexity index is 876. The molecular formula is C17H20N2O4S2. The third kappa shape index (κ3) is 4.09. The number of fused-ring (bicyclic) bond motifs is 1. The molecule has 8 heteroatoms. The van der Waals surface area contributed by atoms with Gasteiger partial charge >= 0.3 is 5.97 Å². The number of benzene rings is 1. The first kappa shape index (κ1) is 18.1. The van der Waals surface area contributed by atoms with Crippen molar-refractivity contribution in [1.82, 2.24) is 9.62 Å². The van der Waals surface area contributed by atoms with Crippen molar-refractivity contribution < 1.29 is 18.3 Å². The van der Waals surface area contributed by atoms with E-state index in [0.717, 1.165) is 30.8 Å². The molecule has 2 heterocycles. The second-order valence-electron chi connectivity index (χ2n) is 6.15. The number of sulfonamides is 1. The number of carboxylic acid groups (broad SMARTS) is 1. The van der Waals surface area contributed by atoms with Crippen molar-refractivity contribution in [2.24, 2.45) is 0 Å². The van der Waals surface area contributed by atoms with E-state index in [1.54, 1.807) is 0 Å². The summed E-state index contributed by atoms with van der Waals surface area (Å²) in [5.41, 5.74) is 2.63. The summed E-state index contributed by atoms with van der Waals surface area (Å²) in [5, 5.41) is 10.3. The summed E-state index contributed by atoms with van der Waals surface area (Å²) in [6, 6.07) is 9.54. The average molecular weight is 380 g/mol. The van der Waals surface area contributed by atoms with Gasteiger partial charge in [0.15, 0.2) is 0 Å². The van der Waals surface area contributed by atoms with Gasteiger partial charge in [-0.25, -0.2) is 17.9 Å². The lowest BCUT2D eigenvalue weighted by Crippen LogP contribution is -2.44. The Morgan fingerprint density at radius 2 is 2.08 bits per heavy atom. The monoisotopic (exact) mass is 380 g/mol. The van der Waals surface area contributed by atoms with Crippen LogP contribution in [0.15, 0.2) is 39.9 Å². The summed E-state index contributed by atoms with van der Waals surface area (Å²) >= 11 is 0.918. The van der Waals surface area contributed by atoms with Gasteiger partial charge < -0.3 is 5.11 Å². The molecule has 134 valence electrons. The Kier molecular flexibility index (Phi) is 5.24. The van der Waals surface area contributed by atoms with Crippen molar-refractivity contribution in [1.29, 1.82) is 0 Å². The van der Waals surface area contributed by atoms with Gasteiger partial charge in [0.1, 0.15) is 4.21 Å². The normalized spacial score (nSPS) is 16.4. The van der Waals surface area contributed by atoms with Crippen LogP contribution in [0.3, 0.4) is 0 Å². The molecule has 1 aliphatic heterocycles. The lowest BCUT2D eigenvalue weighted by atomic mass is 9.99. The van der Waals surface area contributed by atoms with Crippen LogP contribution in [0.25, 0.3) is 0 Å². The molecule has 1 aromatic carbocycles. The van der Waals surface area contributed by atoms with Gasteiger partial charge in [-0.2, -0.15) is 0 Å². The number of nitrogens with one attached hydrogen (secondary N) is 1. The van der Waals surface area contributed by atoms with E-state index in [2.05, 4.69) is 21.8 Å². The number of carboxylic acids is 1. The van der Waals surface area contributed by atoms with Gasteiger partial charge in [-0.05, 0) is 30.5 Å². The quantitative estimate of drug-likeness (QED) is 0.802. The lowest BCUT2D eigenvalue weighted by molar-refractivity contribution is 0.0697. The van der Waals surface area contributed by atoms with Crippen LogP contribution in [0.1, 0.15) is 28.4 Å². The highest BCUT2D eigenvalue weighted by atomic mass is 32.2. The number of carbonyl (C=O) groups is 1. The third-order valence-electron chi connectivity index (χ3n) is 4.44. The van der Waals surface area contributed by atoms with E-state index in [-0.39, 0.29) is 22.4 Å². The van der Waals surface area contributed by atoms with E-state index < -0.39 is 16.0 Å². The van der Waals surface area contributed by atoms with Crippen LogP contribution in [0.4, 0.5) is 0 Å². The second kappa shape index (κ2) is 7.25. The van der Waals surface area contributed by atoms with Gasteiger partial charge in [-0.1, -0.05) is 24.3 Å². The number of hydrogen-bond acceptors (Lipinski definition) is 5. The first-order chi connectivity index (χ1) is 11.9. The predicted molar refractivity (Wildman–Crippen MR) is 96.5 cm³/mol. The van der Waals surface area contributed by atoms with Crippen LogP contribution in [-0.2, 0) is 23.0 Å². The molecule has 1 atom stereocenters. The van der Waals surface area contributed by atoms with E-state index in [9.17, 15) is 13.2 Å². The van der Waals surface area contributed by atoms with Crippen molar-refractivity contribution in [3.8, 4) is 0 Å². The van der Waals surface area contributed by atoms with E-state index in [0.29, 0.717) is 0 Å². The van der Waals surface area contributed by atoms with Crippen molar-refractivity contribution >= 4 is 27.3 Å². The fourth-order valence-electron chi connectivity index (χ4n) is 2.89. The van der Waals surface area contributed by atoms with Crippen LogP contribution >= 0.6 is 11.3 Å². The molecule has 0 unspecified atom stereocenters. The first-order valence-corrected chi connectivity index (χ1v) is 10.4. The smallest absolute Gasteiger partial charge is 0.336 e. The number of hydrogen-bond donors (Lipinski definition) is 2. The van der Waals surface area contributed by atoms with Crippen LogP contribution in [-0.4, -0.2) is 43.5 Å². The van der Waals surface area contributed by atoms with E-state index in [1.807, 2.05) is 19.1 Å². The molecule has 2 aromatic rings. The second-order valence-corrected chi connectivity index (χ2v) is 9.05. The highest BCUT2D eigenvalue weighted by molar-refractivity contribution is 7.91. The summed E-state index contributed by atoms with van der Waals surface area (Å²) in [4.78, 5) is 13.2. The van der Waals surface area contributed by atoms with Gasteiger partial charge in [0.25, 0.3) is 0 Å². The molecular weight excluding hydrogens is 360 g/mol. The van der Waals surface area contributed by atoms with Crippen LogP contribution in [0, 0.1) is 0 Å². The van der Waals surface area contributed by atoms with E-state index in [4.69, 9.17) is 5.11 Å². The minimum atomic E-state index is -3.69. The Balaban J connectivity index is 1.62. The van der Waals surface area contributed by atoms with Gasteiger partial charge in [0.2, 0.25) is 10.0 Å². The molecule has 0 saturated carbocycles. The van der Waals surface area contributed by atoms with Crippen LogP contribution in [0.2, 0.25) is 0 Å². The van der Waals surface area contributed by atoms with Crippen molar-refractivity contribution in [2.45, 2.75) is 30.1 Å². The fraction of sp³-hybridized carbons (Fsp3) is 0.353. The van der Waals surface area contributed by atoms with Gasteiger partial charge in [-0.3, -0.25) is 4.90 Å². The molecule has 2 N–H and O–H groups in total. The van der Waals surface area contributed by atoms with E-state index in [1.165, 1.54) is 22.6 Å². The maximum Gasteiger partial charge on any atom is 0.336 e. The van der Waals surface area contributed by atoms with Crippen molar-refractivity contribution in [3.05, 3.63) is 52.4 Å². The maximum atomic E-state index is 12.3. The molecule has 0 amide bonds. The highest BCUT2D eigenvalue weighted by Crippen LogP contribution is 2.22. The largest absolute Gasteiger partial charge is 0.478 e. The molecule has 1 aliphatic rings. The Labute approximate surface area is 151 Å². The number of nitrogens with zero attached hydrogens (tertiary/aromatic N) is 1. The molecule has 0 radical (unpaired) electrons. The maximum absolute atomic E-state index is 12.3. The number of thiophene rings is 1. The van der Waals surface area contributed by atoms with Gasteiger partial charge in [0, 0.05) is 31.1 Å². The number of aromatic carboxylic acids is 1. The van der Waals surface area contributed by atoms with Gasteiger partial charge in [-0.15, -0.1) is 11.3 Å². The lowest BCUT2D eigenvalue weighted by Gasteiger charge is -2.33. The summed E-state index contributed by atoms with van der Waals surface area (Å²) in [7, 11) is -3.69. The zero-order valence-corrected chi connectivity index (χ0v) is 15.4. The Morgan fingerprint density at radius 1 is 1.36 bits per heavy atom. The molecule has 0 bridgehead atoms. The summed E-state index contributed by atoms with van der Waals surface area (Å²) in [6.45, 7) is 3.97. The molecule has 1 aromatic heterocycles. The van der Waals surface area contributed by atoms with Crippen molar-refractivity contribution in [3.63, 3.8) is 0 Å². The van der Waals surface area contributed by atoms with Gasteiger partial charge in [0.05, 0.1) is 5.56 Å². The first-order valence-electron chi connectivity index (χ1n) is 7.99. The molecule has 6 nitrogen and oxygen atoms in total. The minimum absolute atomic E-state index is 0.00828.